The largest absolute Gasteiger partial charge is 0.337 e. The molecule has 2 heterocycles. The number of hydrogen-bond donors (Lipinski definition) is 0. The van der Waals surface area contributed by atoms with Gasteiger partial charge in [-0.05, 0) is 67.6 Å². The summed E-state index contributed by atoms with van der Waals surface area (Å²) in [4.78, 5) is 32.6. The molecule has 0 saturated carbocycles. The summed E-state index contributed by atoms with van der Waals surface area (Å²) in [5.74, 6) is 0.348. The summed E-state index contributed by atoms with van der Waals surface area (Å²) in [5.41, 5.74) is 1.36. The fourth-order valence-corrected chi connectivity index (χ4v) is 4.66. The fraction of sp³-hybridized carbons (Fsp3) is 0.593. The predicted octanol–water partition coefficient (Wildman–Crippen LogP) is 4.18. The van der Waals surface area contributed by atoms with Crippen LogP contribution in [0.4, 0.5) is 10.1 Å². The summed E-state index contributed by atoms with van der Waals surface area (Å²) in [7, 11) is 0. The number of fused-ring (bicyclic) bond motifs is 1. The first-order chi connectivity index (χ1) is 16.7. The zero-order chi connectivity index (χ0) is 25.4. The van der Waals surface area contributed by atoms with E-state index in [4.69, 9.17) is 0 Å². The number of hydrogen-bond acceptors (Lipinski definition) is 4. The number of amides is 2. The summed E-state index contributed by atoms with van der Waals surface area (Å²) in [6.07, 6.45) is 5.51. The van der Waals surface area contributed by atoms with Gasteiger partial charge in [-0.25, -0.2) is 4.39 Å². The normalized spacial score (nSPS) is 16.2. The molecule has 0 unspecified atom stereocenters. The van der Waals surface area contributed by atoms with Crippen molar-refractivity contribution in [2.75, 3.05) is 37.6 Å². The lowest BCUT2D eigenvalue weighted by Crippen LogP contribution is -2.40. The van der Waals surface area contributed by atoms with Crippen LogP contribution in [0.25, 0.3) is 0 Å². The zero-order valence-electron chi connectivity index (χ0n) is 21.6. The van der Waals surface area contributed by atoms with Crippen molar-refractivity contribution in [3.05, 3.63) is 48.0 Å². The van der Waals surface area contributed by atoms with E-state index in [-0.39, 0.29) is 36.6 Å². The molecule has 1 aliphatic heterocycles. The molecule has 0 radical (unpaired) electrons. The molecule has 1 aromatic carbocycles. The molecule has 192 valence electrons. The number of carbonyl (C=O) groups excluding carboxylic acids is 2. The van der Waals surface area contributed by atoms with Crippen LogP contribution in [0.5, 0.6) is 0 Å². The first-order valence-electron chi connectivity index (χ1n) is 12.8. The first kappa shape index (κ1) is 26.9. The number of carbonyl (C=O) groups is 2. The van der Waals surface area contributed by atoms with Crippen LogP contribution in [0.1, 0.15) is 52.5 Å². The van der Waals surface area contributed by atoms with Crippen molar-refractivity contribution in [2.24, 2.45) is 11.8 Å². The van der Waals surface area contributed by atoms with Crippen LogP contribution in [-0.4, -0.2) is 64.1 Å². The highest BCUT2D eigenvalue weighted by molar-refractivity contribution is 5.94. The highest BCUT2D eigenvalue weighted by Gasteiger charge is 2.24. The molecule has 0 atom stereocenters. The van der Waals surface area contributed by atoms with Crippen LogP contribution in [0.15, 0.2) is 36.7 Å². The topological polar surface area (TPSA) is 61.7 Å². The maximum Gasteiger partial charge on any atom is 0.244 e. The summed E-state index contributed by atoms with van der Waals surface area (Å²) < 4.78 is 16.0. The van der Waals surface area contributed by atoms with Gasteiger partial charge in [-0.1, -0.05) is 27.7 Å². The van der Waals surface area contributed by atoms with Gasteiger partial charge in [0.2, 0.25) is 11.8 Å². The van der Waals surface area contributed by atoms with Crippen LogP contribution in [-0.2, 0) is 22.7 Å². The molecule has 8 heteroatoms. The van der Waals surface area contributed by atoms with Gasteiger partial charge in [0.05, 0.1) is 0 Å². The molecule has 1 aromatic heterocycles. The Labute approximate surface area is 208 Å². The molecule has 2 aromatic rings. The second-order valence-electron chi connectivity index (χ2n) is 10.3. The molecule has 2 amide bonds. The Balaban J connectivity index is 1.94. The van der Waals surface area contributed by atoms with E-state index in [0.717, 1.165) is 32.5 Å². The van der Waals surface area contributed by atoms with E-state index < -0.39 is 0 Å². The third kappa shape index (κ3) is 8.16. The average molecular weight is 486 g/mol. The molecule has 0 bridgehead atoms. The Kier molecular flexibility index (Phi) is 9.83. The number of aromatic nitrogens is 2. The van der Waals surface area contributed by atoms with Crippen LogP contribution >= 0.6 is 0 Å². The van der Waals surface area contributed by atoms with Gasteiger partial charge in [0.25, 0.3) is 0 Å². The summed E-state index contributed by atoms with van der Waals surface area (Å²) >= 11 is 0. The smallest absolute Gasteiger partial charge is 0.244 e. The van der Waals surface area contributed by atoms with E-state index >= 15 is 0 Å². The molecule has 0 fully saturated rings. The van der Waals surface area contributed by atoms with Gasteiger partial charge >= 0.3 is 0 Å². The summed E-state index contributed by atoms with van der Waals surface area (Å²) in [5, 5.41) is 4.17. The maximum atomic E-state index is 14.4. The van der Waals surface area contributed by atoms with Gasteiger partial charge in [0.15, 0.2) is 0 Å². The Morgan fingerprint density at radius 1 is 1.00 bits per heavy atom. The van der Waals surface area contributed by atoms with Gasteiger partial charge in [-0.2, -0.15) is 5.10 Å². The molecule has 35 heavy (non-hydrogen) atoms. The van der Waals surface area contributed by atoms with Crippen molar-refractivity contribution in [1.29, 1.82) is 0 Å². The third-order valence-electron chi connectivity index (χ3n) is 6.17. The molecule has 0 spiro atoms. The number of halogens is 1. The minimum Gasteiger partial charge on any atom is -0.337 e. The second-order valence-corrected chi connectivity index (χ2v) is 10.3. The summed E-state index contributed by atoms with van der Waals surface area (Å²) in [6.45, 7) is 12.7. The molecule has 0 aliphatic carbocycles. The third-order valence-corrected chi connectivity index (χ3v) is 6.17. The second kappa shape index (κ2) is 12.8. The van der Waals surface area contributed by atoms with E-state index in [1.54, 1.807) is 39.0 Å². The van der Waals surface area contributed by atoms with Gasteiger partial charge in [-0.15, -0.1) is 0 Å². The summed E-state index contributed by atoms with van der Waals surface area (Å²) in [6, 6.07) is 6.35. The number of anilines is 1. The minimum absolute atomic E-state index is 0.0368. The van der Waals surface area contributed by atoms with E-state index in [2.05, 4.69) is 23.8 Å². The van der Waals surface area contributed by atoms with E-state index in [0.29, 0.717) is 36.7 Å². The minimum atomic E-state index is -0.366. The van der Waals surface area contributed by atoms with Gasteiger partial charge in [0.1, 0.15) is 12.4 Å². The van der Waals surface area contributed by atoms with Gasteiger partial charge in [-0.3, -0.25) is 14.3 Å². The molecule has 0 N–H and O–H groups in total. The van der Waals surface area contributed by atoms with E-state index in [1.165, 1.54) is 12.1 Å². The van der Waals surface area contributed by atoms with Crippen molar-refractivity contribution in [1.82, 2.24) is 19.6 Å². The maximum absolute atomic E-state index is 14.4. The monoisotopic (exact) mass is 485 g/mol. The number of rotatable bonds is 6. The van der Waals surface area contributed by atoms with E-state index in [1.807, 2.05) is 13.8 Å². The number of nitrogens with zero attached hydrogens (tertiary/aromatic N) is 5. The predicted molar refractivity (Wildman–Crippen MR) is 136 cm³/mol. The average Bonchev–Trinajstić information content (AvgIpc) is 3.27. The van der Waals surface area contributed by atoms with Crippen LogP contribution in [0.2, 0.25) is 0 Å². The Morgan fingerprint density at radius 3 is 2.40 bits per heavy atom. The molecular weight excluding hydrogens is 445 g/mol. The Morgan fingerprint density at radius 2 is 1.74 bits per heavy atom. The van der Waals surface area contributed by atoms with Crippen LogP contribution in [0.3, 0.4) is 0 Å². The lowest BCUT2D eigenvalue weighted by atomic mass is 10.1. The van der Waals surface area contributed by atoms with Gasteiger partial charge < -0.3 is 14.7 Å². The van der Waals surface area contributed by atoms with Crippen molar-refractivity contribution < 1.29 is 14.0 Å². The van der Waals surface area contributed by atoms with Crippen molar-refractivity contribution in [3.8, 4) is 0 Å². The molecule has 0 saturated heterocycles. The Bertz CT molecular complexity index is 960. The van der Waals surface area contributed by atoms with Crippen molar-refractivity contribution >= 4 is 17.5 Å². The zero-order valence-corrected chi connectivity index (χ0v) is 21.6. The molecule has 3 rings (SSSR count). The standard InChI is InChI=1S/C27H40FN5O2/c1-21(2)16-26(34)33-15-7-12-30(18-22(3)4)11-6-13-31(27(35)20-32-14-5-10-29-32)19-23-17-24(28)8-9-25(23)33/h5,8-10,14,17,21-22H,6-7,11-13,15-16,18-20H2,1-4H3. The fourth-order valence-electron chi connectivity index (χ4n) is 4.66. The molecule has 1 aliphatic rings. The Hall–Kier alpha value is -2.74. The molecule has 7 nitrogen and oxygen atoms in total. The SMILES string of the molecule is CC(C)CC(=O)N1CCCN(CC(C)C)CCCN(C(=O)Cn2cccn2)Cc2cc(F)ccc21. The van der Waals surface area contributed by atoms with Crippen LogP contribution < -0.4 is 4.90 Å². The van der Waals surface area contributed by atoms with Crippen molar-refractivity contribution in [3.63, 3.8) is 0 Å². The van der Waals surface area contributed by atoms with Crippen molar-refractivity contribution in [2.45, 2.75) is 60.0 Å². The van der Waals surface area contributed by atoms with Crippen LogP contribution in [0, 0.1) is 17.7 Å². The lowest BCUT2D eigenvalue weighted by Gasteiger charge is -2.32. The molecular formula is C27H40FN5O2. The number of benzene rings is 1. The van der Waals surface area contributed by atoms with E-state index in [9.17, 15) is 14.0 Å². The highest BCUT2D eigenvalue weighted by Crippen LogP contribution is 2.26. The highest BCUT2D eigenvalue weighted by atomic mass is 19.1. The lowest BCUT2D eigenvalue weighted by molar-refractivity contribution is -0.132. The van der Waals surface area contributed by atoms with Gasteiger partial charge in [0, 0.05) is 50.7 Å². The first-order valence-corrected chi connectivity index (χ1v) is 12.8. The quantitative estimate of drug-likeness (QED) is 0.616.